The zero-order valence-electron chi connectivity index (χ0n) is 21.1. The molecule has 0 N–H and O–H groups in total. The first-order valence-corrected chi connectivity index (χ1v) is 13.9. The standard InChI is InChI=1S/C30H41F5/c1-20-2-11-24(12-3-20)25-13-6-21(7-14-25)4-5-22-10-17-27(28(31)18-22)26-15-8-23(9-16-26)19-29(32)30(33,34)35/h10,17-21,23-26H,2-9,11-16H2,1H3. The van der Waals surface area contributed by atoms with Crippen molar-refractivity contribution < 1.29 is 22.0 Å². The predicted octanol–water partition coefficient (Wildman–Crippen LogP) is 10.1. The molecule has 0 radical (unpaired) electrons. The Morgan fingerprint density at radius 2 is 1.46 bits per heavy atom. The molecule has 1 aromatic rings. The molecule has 0 aliphatic heterocycles. The maximum Gasteiger partial charge on any atom is 0.442 e. The molecule has 5 heteroatoms. The van der Waals surface area contributed by atoms with E-state index in [9.17, 15) is 22.0 Å². The van der Waals surface area contributed by atoms with Crippen molar-refractivity contribution in [2.75, 3.05) is 0 Å². The largest absolute Gasteiger partial charge is 0.442 e. The first kappa shape index (κ1) is 26.7. The summed E-state index contributed by atoms with van der Waals surface area (Å²) >= 11 is 0. The molecule has 3 aliphatic carbocycles. The van der Waals surface area contributed by atoms with Crippen LogP contribution in [-0.4, -0.2) is 6.18 Å². The van der Waals surface area contributed by atoms with Gasteiger partial charge in [-0.05, 0) is 123 Å². The highest BCUT2D eigenvalue weighted by molar-refractivity contribution is 5.28. The van der Waals surface area contributed by atoms with Crippen molar-refractivity contribution in [3.63, 3.8) is 0 Å². The van der Waals surface area contributed by atoms with Gasteiger partial charge in [0.25, 0.3) is 0 Å². The minimum Gasteiger partial charge on any atom is -0.207 e. The van der Waals surface area contributed by atoms with Crippen molar-refractivity contribution in [3.05, 3.63) is 47.0 Å². The first-order valence-electron chi connectivity index (χ1n) is 13.9. The minimum atomic E-state index is -4.91. The monoisotopic (exact) mass is 496 g/mol. The lowest BCUT2D eigenvalue weighted by atomic mass is 9.69. The van der Waals surface area contributed by atoms with Crippen LogP contribution in [0.15, 0.2) is 30.1 Å². The van der Waals surface area contributed by atoms with E-state index in [1.165, 1.54) is 51.4 Å². The SMILES string of the molecule is CC1CCC(C2CCC(CCc3ccc(C4CCC(C=C(F)C(F)(F)F)CC4)c(F)c3)CC2)CC1. The van der Waals surface area contributed by atoms with Gasteiger partial charge in [-0.25, -0.2) is 8.78 Å². The van der Waals surface area contributed by atoms with Gasteiger partial charge in [-0.3, -0.25) is 0 Å². The van der Waals surface area contributed by atoms with Gasteiger partial charge in [-0.15, -0.1) is 0 Å². The summed E-state index contributed by atoms with van der Waals surface area (Å²) in [5, 5.41) is 0. The van der Waals surface area contributed by atoms with E-state index >= 15 is 0 Å². The number of aryl methyl sites for hydroxylation is 1. The summed E-state index contributed by atoms with van der Waals surface area (Å²) in [5.41, 5.74) is 1.70. The Hall–Kier alpha value is -1.39. The Labute approximate surface area is 207 Å². The quantitative estimate of drug-likeness (QED) is 0.344. The van der Waals surface area contributed by atoms with Gasteiger partial charge in [0.15, 0.2) is 5.83 Å². The smallest absolute Gasteiger partial charge is 0.207 e. The first-order chi connectivity index (χ1) is 16.7. The van der Waals surface area contributed by atoms with Crippen LogP contribution in [0.25, 0.3) is 0 Å². The van der Waals surface area contributed by atoms with Crippen LogP contribution in [0.4, 0.5) is 22.0 Å². The number of halogens is 5. The summed E-state index contributed by atoms with van der Waals surface area (Å²) in [4.78, 5) is 0. The molecule has 0 atom stereocenters. The van der Waals surface area contributed by atoms with E-state index in [1.54, 1.807) is 6.07 Å². The van der Waals surface area contributed by atoms with Gasteiger partial charge in [0, 0.05) is 0 Å². The molecule has 0 spiro atoms. The Balaban J connectivity index is 1.21. The fourth-order valence-corrected chi connectivity index (χ4v) is 7.03. The lowest BCUT2D eigenvalue weighted by Gasteiger charge is -2.37. The topological polar surface area (TPSA) is 0 Å². The summed E-state index contributed by atoms with van der Waals surface area (Å²) in [6, 6.07) is 5.57. The minimum absolute atomic E-state index is 0.000649. The molecule has 0 heterocycles. The van der Waals surface area contributed by atoms with Crippen LogP contribution in [0.2, 0.25) is 0 Å². The van der Waals surface area contributed by atoms with E-state index in [2.05, 4.69) is 6.92 Å². The van der Waals surface area contributed by atoms with Crippen LogP contribution >= 0.6 is 0 Å². The second-order valence-electron chi connectivity index (χ2n) is 11.8. The number of hydrogen-bond acceptors (Lipinski definition) is 0. The third-order valence-corrected chi connectivity index (χ3v) is 9.39. The lowest BCUT2D eigenvalue weighted by Crippen LogP contribution is -2.25. The molecule has 35 heavy (non-hydrogen) atoms. The molecule has 4 rings (SSSR count). The van der Waals surface area contributed by atoms with Crippen molar-refractivity contribution in [1.29, 1.82) is 0 Å². The third-order valence-electron chi connectivity index (χ3n) is 9.39. The molecule has 0 saturated heterocycles. The molecule has 3 saturated carbocycles. The summed E-state index contributed by atoms with van der Waals surface area (Å²) in [7, 11) is 0. The maximum absolute atomic E-state index is 14.9. The van der Waals surface area contributed by atoms with Gasteiger partial charge in [0.1, 0.15) is 5.82 Å². The zero-order chi connectivity index (χ0) is 25.0. The molecular weight excluding hydrogens is 455 g/mol. The van der Waals surface area contributed by atoms with E-state index in [1.807, 2.05) is 12.1 Å². The van der Waals surface area contributed by atoms with E-state index in [-0.39, 0.29) is 11.7 Å². The van der Waals surface area contributed by atoms with Gasteiger partial charge < -0.3 is 0 Å². The van der Waals surface area contributed by atoms with E-state index in [0.717, 1.165) is 42.1 Å². The Bertz CT molecular complexity index is 833. The molecule has 3 fully saturated rings. The summed E-state index contributed by atoms with van der Waals surface area (Å²) in [6.07, 6.45) is 10.9. The highest BCUT2D eigenvalue weighted by Gasteiger charge is 2.36. The molecule has 0 amide bonds. The third kappa shape index (κ3) is 7.32. The van der Waals surface area contributed by atoms with Gasteiger partial charge in [0.05, 0.1) is 0 Å². The van der Waals surface area contributed by atoms with E-state index in [0.29, 0.717) is 37.3 Å². The Morgan fingerprint density at radius 3 is 2.03 bits per heavy atom. The average molecular weight is 497 g/mol. The number of benzene rings is 1. The van der Waals surface area contributed by atoms with Gasteiger partial charge in [-0.2, -0.15) is 13.2 Å². The van der Waals surface area contributed by atoms with Gasteiger partial charge in [0.2, 0.25) is 0 Å². The zero-order valence-corrected chi connectivity index (χ0v) is 21.1. The molecule has 0 unspecified atom stereocenters. The highest BCUT2D eigenvalue weighted by Crippen LogP contribution is 2.43. The van der Waals surface area contributed by atoms with Crippen molar-refractivity contribution in [2.24, 2.45) is 29.6 Å². The fourth-order valence-electron chi connectivity index (χ4n) is 7.03. The number of allylic oxidation sites excluding steroid dienone is 2. The Kier molecular flexibility index (Phi) is 8.97. The Morgan fingerprint density at radius 1 is 0.857 bits per heavy atom. The van der Waals surface area contributed by atoms with Crippen molar-refractivity contribution in [2.45, 2.75) is 109 Å². The highest BCUT2D eigenvalue weighted by atomic mass is 19.4. The second-order valence-corrected chi connectivity index (χ2v) is 11.8. The second kappa shape index (κ2) is 11.8. The van der Waals surface area contributed by atoms with Crippen LogP contribution in [0, 0.1) is 35.4 Å². The van der Waals surface area contributed by atoms with E-state index < -0.39 is 17.9 Å². The molecule has 0 nitrogen and oxygen atoms in total. The molecule has 0 bridgehead atoms. The number of alkyl halides is 3. The van der Waals surface area contributed by atoms with Crippen molar-refractivity contribution >= 4 is 0 Å². The van der Waals surface area contributed by atoms with Crippen LogP contribution in [-0.2, 0) is 6.42 Å². The molecule has 196 valence electrons. The van der Waals surface area contributed by atoms with Crippen LogP contribution < -0.4 is 0 Å². The van der Waals surface area contributed by atoms with Gasteiger partial charge >= 0.3 is 6.18 Å². The average Bonchev–Trinajstić information content (AvgIpc) is 2.84. The molecular formula is C30H41F5. The summed E-state index contributed by atoms with van der Waals surface area (Å²) in [6.45, 7) is 2.38. The van der Waals surface area contributed by atoms with E-state index in [4.69, 9.17) is 0 Å². The molecule has 1 aromatic carbocycles. The van der Waals surface area contributed by atoms with Crippen molar-refractivity contribution in [1.82, 2.24) is 0 Å². The predicted molar refractivity (Wildman–Crippen MR) is 131 cm³/mol. The van der Waals surface area contributed by atoms with Crippen molar-refractivity contribution in [3.8, 4) is 0 Å². The molecule has 3 aliphatic rings. The normalized spacial score (nSPS) is 33.0. The van der Waals surface area contributed by atoms with Crippen LogP contribution in [0.3, 0.4) is 0 Å². The lowest BCUT2D eigenvalue weighted by molar-refractivity contribution is -0.109. The fraction of sp³-hybridized carbons (Fsp3) is 0.733. The maximum atomic E-state index is 14.9. The van der Waals surface area contributed by atoms with Crippen LogP contribution in [0.5, 0.6) is 0 Å². The number of rotatable bonds is 6. The van der Waals surface area contributed by atoms with Gasteiger partial charge in [-0.1, -0.05) is 44.7 Å². The summed E-state index contributed by atoms with van der Waals surface area (Å²) < 4.78 is 65.4. The molecule has 0 aromatic heterocycles. The van der Waals surface area contributed by atoms with Crippen LogP contribution in [0.1, 0.15) is 107 Å². The summed E-state index contributed by atoms with van der Waals surface area (Å²) in [5.74, 6) is 0.903. The number of hydrogen-bond donors (Lipinski definition) is 0.